The minimum atomic E-state index is -0.872. The Balaban J connectivity index is 1.89. The van der Waals surface area contributed by atoms with E-state index in [0.29, 0.717) is 10.7 Å². The molecule has 128 valence electrons. The van der Waals surface area contributed by atoms with Gasteiger partial charge in [-0.1, -0.05) is 28.8 Å². The zero-order valence-electron chi connectivity index (χ0n) is 14.1. The summed E-state index contributed by atoms with van der Waals surface area (Å²) in [6, 6.07) is 5.35. The van der Waals surface area contributed by atoms with Gasteiger partial charge in [-0.05, 0) is 63.1 Å². The normalized spacial score (nSPS) is 28.1. The number of amides is 1. The molecule has 1 amide bonds. The minimum Gasteiger partial charge on any atom is -0.481 e. The van der Waals surface area contributed by atoms with Gasteiger partial charge in [-0.15, -0.1) is 0 Å². The molecule has 0 heterocycles. The Bertz CT molecular complexity index is 736. The maximum atomic E-state index is 12.8. The van der Waals surface area contributed by atoms with E-state index in [0.717, 1.165) is 24.0 Å². The number of rotatable bonds is 3. The molecule has 0 aliphatic heterocycles. The molecule has 1 aromatic carbocycles. The number of anilines is 1. The molecule has 2 aliphatic carbocycles. The third-order valence-electron chi connectivity index (χ3n) is 5.45. The fourth-order valence-electron chi connectivity index (χ4n) is 4.50. The third kappa shape index (κ3) is 2.73. The van der Waals surface area contributed by atoms with Crippen molar-refractivity contribution in [2.24, 2.45) is 23.7 Å². The highest BCUT2D eigenvalue weighted by Gasteiger charge is 2.57. The quantitative estimate of drug-likeness (QED) is 0.802. The Morgan fingerprint density at radius 1 is 1.17 bits per heavy atom. The lowest BCUT2D eigenvalue weighted by atomic mass is 9.78. The highest BCUT2D eigenvalue weighted by Crippen LogP contribution is 2.57. The van der Waals surface area contributed by atoms with Crippen LogP contribution in [-0.4, -0.2) is 17.0 Å². The second kappa shape index (κ2) is 6.25. The molecular formula is C19H22ClNO3. The lowest BCUT2D eigenvalue weighted by molar-refractivity contribution is -0.148. The molecule has 4 atom stereocenters. The van der Waals surface area contributed by atoms with Gasteiger partial charge >= 0.3 is 5.97 Å². The van der Waals surface area contributed by atoms with Gasteiger partial charge in [0.05, 0.1) is 11.8 Å². The van der Waals surface area contributed by atoms with E-state index in [9.17, 15) is 14.7 Å². The Kier molecular flexibility index (Phi) is 4.43. The van der Waals surface area contributed by atoms with Gasteiger partial charge in [-0.2, -0.15) is 0 Å². The summed E-state index contributed by atoms with van der Waals surface area (Å²) >= 11 is 6.11. The molecule has 2 fully saturated rings. The van der Waals surface area contributed by atoms with Crippen LogP contribution in [0.2, 0.25) is 5.02 Å². The second-order valence-corrected chi connectivity index (χ2v) is 7.50. The van der Waals surface area contributed by atoms with Crippen molar-refractivity contribution >= 4 is 29.2 Å². The first-order chi connectivity index (χ1) is 11.3. The molecule has 0 saturated heterocycles. The van der Waals surface area contributed by atoms with E-state index < -0.39 is 17.8 Å². The first kappa shape index (κ1) is 17.0. The van der Waals surface area contributed by atoms with Gasteiger partial charge in [-0.25, -0.2) is 0 Å². The number of nitrogens with one attached hydrogen (secondary N) is 1. The lowest BCUT2D eigenvalue weighted by Gasteiger charge is -2.26. The Morgan fingerprint density at radius 3 is 2.33 bits per heavy atom. The maximum Gasteiger partial charge on any atom is 0.307 e. The molecule has 4 nitrogen and oxygen atoms in total. The van der Waals surface area contributed by atoms with E-state index in [2.05, 4.69) is 5.32 Å². The molecule has 0 aromatic heterocycles. The molecule has 2 aliphatic rings. The van der Waals surface area contributed by atoms with Crippen LogP contribution in [0.3, 0.4) is 0 Å². The smallest absolute Gasteiger partial charge is 0.307 e. The van der Waals surface area contributed by atoms with Gasteiger partial charge in [0, 0.05) is 10.7 Å². The number of benzene rings is 1. The van der Waals surface area contributed by atoms with Crippen LogP contribution < -0.4 is 5.32 Å². The van der Waals surface area contributed by atoms with Gasteiger partial charge in [0.15, 0.2) is 0 Å². The Hall–Kier alpha value is -1.81. The standard InChI is InChI=1S/C19H22ClNO3/c1-9(2)15-12-6-7-13(15)17(19(23)24)16(12)18(22)21-11-5-4-10(3)14(20)8-11/h4-5,8,12-13,16-17H,6-7H2,1-3H3,(H,21,22)(H,23,24)/t12-,13-,16+,17-/m1/s1. The largest absolute Gasteiger partial charge is 0.481 e. The van der Waals surface area contributed by atoms with Crippen molar-refractivity contribution in [2.75, 3.05) is 5.32 Å². The lowest BCUT2D eigenvalue weighted by Crippen LogP contribution is -2.37. The predicted octanol–water partition coefficient (Wildman–Crippen LogP) is 4.28. The van der Waals surface area contributed by atoms with Crippen LogP contribution in [0.25, 0.3) is 0 Å². The summed E-state index contributed by atoms with van der Waals surface area (Å²) in [7, 11) is 0. The summed E-state index contributed by atoms with van der Waals surface area (Å²) in [4.78, 5) is 24.6. The second-order valence-electron chi connectivity index (χ2n) is 7.09. The average molecular weight is 348 g/mol. The van der Waals surface area contributed by atoms with E-state index in [-0.39, 0.29) is 17.7 Å². The van der Waals surface area contributed by atoms with E-state index in [4.69, 9.17) is 11.6 Å². The van der Waals surface area contributed by atoms with Gasteiger partial charge in [0.1, 0.15) is 0 Å². The van der Waals surface area contributed by atoms with Gasteiger partial charge in [0.25, 0.3) is 0 Å². The highest BCUT2D eigenvalue weighted by atomic mass is 35.5. The fraction of sp³-hybridized carbons (Fsp3) is 0.474. The van der Waals surface area contributed by atoms with Crippen molar-refractivity contribution in [3.63, 3.8) is 0 Å². The van der Waals surface area contributed by atoms with Gasteiger partial charge in [0.2, 0.25) is 5.91 Å². The number of halogens is 1. The van der Waals surface area contributed by atoms with E-state index in [1.165, 1.54) is 5.57 Å². The molecule has 2 saturated carbocycles. The zero-order valence-corrected chi connectivity index (χ0v) is 14.9. The summed E-state index contributed by atoms with van der Waals surface area (Å²) in [5.41, 5.74) is 3.89. The van der Waals surface area contributed by atoms with Crippen molar-refractivity contribution in [3.8, 4) is 0 Å². The van der Waals surface area contributed by atoms with Crippen molar-refractivity contribution in [1.29, 1.82) is 0 Å². The van der Waals surface area contributed by atoms with Crippen LogP contribution in [0, 0.1) is 30.6 Å². The Morgan fingerprint density at radius 2 is 1.79 bits per heavy atom. The number of allylic oxidation sites excluding steroid dienone is 2. The summed E-state index contributed by atoms with van der Waals surface area (Å²) in [5.74, 6) is -2.19. The van der Waals surface area contributed by atoms with Crippen molar-refractivity contribution in [3.05, 3.63) is 39.9 Å². The number of carbonyl (C=O) groups excluding carboxylic acids is 1. The first-order valence-electron chi connectivity index (χ1n) is 8.28. The molecule has 24 heavy (non-hydrogen) atoms. The van der Waals surface area contributed by atoms with Crippen molar-refractivity contribution in [1.82, 2.24) is 0 Å². The van der Waals surface area contributed by atoms with Crippen molar-refractivity contribution in [2.45, 2.75) is 33.6 Å². The summed E-state index contributed by atoms with van der Waals surface area (Å²) in [6.07, 6.45) is 1.75. The predicted molar refractivity (Wildman–Crippen MR) is 94.0 cm³/mol. The van der Waals surface area contributed by atoms with Crippen LogP contribution >= 0.6 is 11.6 Å². The molecule has 1 aromatic rings. The summed E-state index contributed by atoms with van der Waals surface area (Å²) in [5, 5.41) is 13.1. The molecule has 0 unspecified atom stereocenters. The van der Waals surface area contributed by atoms with Crippen molar-refractivity contribution < 1.29 is 14.7 Å². The zero-order chi connectivity index (χ0) is 17.6. The SMILES string of the molecule is CC(C)=C1[C@H]2CC[C@H]1[C@@H](C(=O)O)[C@H]2C(=O)Nc1ccc(C)c(Cl)c1. The first-order valence-corrected chi connectivity index (χ1v) is 8.66. The topological polar surface area (TPSA) is 66.4 Å². The number of fused-ring (bicyclic) bond motifs is 2. The van der Waals surface area contributed by atoms with E-state index in [1.54, 1.807) is 12.1 Å². The van der Waals surface area contributed by atoms with Crippen LogP contribution in [0.1, 0.15) is 32.3 Å². The highest BCUT2D eigenvalue weighted by molar-refractivity contribution is 6.31. The molecule has 3 rings (SSSR count). The van der Waals surface area contributed by atoms with E-state index >= 15 is 0 Å². The third-order valence-corrected chi connectivity index (χ3v) is 5.85. The number of aliphatic carboxylic acids is 1. The molecule has 0 radical (unpaired) electrons. The average Bonchev–Trinajstić information content (AvgIpc) is 3.06. The number of hydrogen-bond donors (Lipinski definition) is 2. The summed E-state index contributed by atoms with van der Waals surface area (Å²) in [6.45, 7) is 5.92. The van der Waals surface area contributed by atoms with Gasteiger partial charge < -0.3 is 10.4 Å². The number of aryl methyl sites for hydroxylation is 1. The van der Waals surface area contributed by atoms with Crippen LogP contribution in [-0.2, 0) is 9.59 Å². The van der Waals surface area contributed by atoms with Crippen LogP contribution in [0.5, 0.6) is 0 Å². The maximum absolute atomic E-state index is 12.8. The number of hydrogen-bond acceptors (Lipinski definition) is 2. The van der Waals surface area contributed by atoms with Gasteiger partial charge in [-0.3, -0.25) is 9.59 Å². The number of carbonyl (C=O) groups is 2. The molecule has 2 bridgehead atoms. The Labute approximate surface area is 146 Å². The number of carboxylic acid groups (broad SMARTS) is 1. The molecular weight excluding hydrogens is 326 g/mol. The van der Waals surface area contributed by atoms with Crippen LogP contribution in [0.15, 0.2) is 29.3 Å². The van der Waals surface area contributed by atoms with E-state index in [1.807, 2.05) is 26.8 Å². The monoisotopic (exact) mass is 347 g/mol. The number of carboxylic acids is 1. The fourth-order valence-corrected chi connectivity index (χ4v) is 4.68. The van der Waals surface area contributed by atoms with Crippen LogP contribution in [0.4, 0.5) is 5.69 Å². The molecule has 0 spiro atoms. The molecule has 5 heteroatoms. The summed E-state index contributed by atoms with van der Waals surface area (Å²) < 4.78 is 0. The minimum absolute atomic E-state index is 0.00476. The molecule has 2 N–H and O–H groups in total.